The number of para-hydroxylation sites is 1. The number of benzene rings is 2. The number of carbonyl (C=O) groups is 2. The molecule has 0 aliphatic carbocycles. The molecule has 0 radical (unpaired) electrons. The van der Waals surface area contributed by atoms with Crippen molar-refractivity contribution in [3.8, 4) is 5.75 Å². The molecular weight excluding hydrogens is 260 g/mol. The third-order valence-corrected chi connectivity index (χ3v) is 2.69. The Morgan fingerprint density at radius 1 is 1.05 bits per heavy atom. The maximum Gasteiger partial charge on any atom is 0.337 e. The number of aromatic carboxylic acids is 1. The molecule has 2 aromatic carbocycles. The first kappa shape index (κ1) is 13.4. The van der Waals surface area contributed by atoms with E-state index in [1.165, 1.54) is 18.2 Å². The van der Waals surface area contributed by atoms with Crippen LogP contribution >= 0.6 is 0 Å². The van der Waals surface area contributed by atoms with E-state index in [0.29, 0.717) is 5.69 Å². The lowest BCUT2D eigenvalue weighted by atomic mass is 10.1. The molecule has 20 heavy (non-hydrogen) atoms. The quantitative estimate of drug-likeness (QED) is 0.503. The first-order valence-corrected chi connectivity index (χ1v) is 5.71. The lowest BCUT2D eigenvalue weighted by Gasteiger charge is -2.10. The molecule has 2 aromatic rings. The number of nitrogens with two attached hydrogens (primary N) is 1. The summed E-state index contributed by atoms with van der Waals surface area (Å²) in [6.45, 7) is 0. The van der Waals surface area contributed by atoms with Crippen molar-refractivity contribution >= 4 is 23.3 Å². The van der Waals surface area contributed by atoms with E-state index in [1.807, 2.05) is 0 Å². The number of rotatable bonds is 3. The van der Waals surface area contributed by atoms with Crippen molar-refractivity contribution in [1.29, 1.82) is 0 Å². The van der Waals surface area contributed by atoms with Gasteiger partial charge in [0.05, 0.1) is 16.8 Å². The van der Waals surface area contributed by atoms with E-state index in [4.69, 9.17) is 10.8 Å². The second kappa shape index (κ2) is 5.31. The first-order chi connectivity index (χ1) is 9.49. The predicted molar refractivity (Wildman–Crippen MR) is 73.9 cm³/mol. The van der Waals surface area contributed by atoms with Crippen LogP contribution < -0.4 is 11.1 Å². The molecule has 2 rings (SSSR count). The van der Waals surface area contributed by atoms with Gasteiger partial charge in [-0.3, -0.25) is 4.79 Å². The summed E-state index contributed by atoms with van der Waals surface area (Å²) in [5.41, 5.74) is 6.10. The number of nitrogens with one attached hydrogen (secondary N) is 1. The zero-order chi connectivity index (χ0) is 14.7. The van der Waals surface area contributed by atoms with E-state index < -0.39 is 11.9 Å². The third kappa shape index (κ3) is 2.69. The summed E-state index contributed by atoms with van der Waals surface area (Å²) < 4.78 is 0. The normalized spacial score (nSPS) is 10.0. The molecule has 6 heteroatoms. The Morgan fingerprint density at radius 3 is 2.40 bits per heavy atom. The number of amides is 1. The number of nitrogen functional groups attached to an aromatic ring is 1. The van der Waals surface area contributed by atoms with Gasteiger partial charge in [-0.1, -0.05) is 12.1 Å². The van der Waals surface area contributed by atoms with Crippen LogP contribution in [0.25, 0.3) is 0 Å². The summed E-state index contributed by atoms with van der Waals surface area (Å²) in [4.78, 5) is 23.1. The zero-order valence-corrected chi connectivity index (χ0v) is 10.3. The number of carboxylic acids is 1. The minimum absolute atomic E-state index is 0.0866. The van der Waals surface area contributed by atoms with Crippen LogP contribution in [-0.4, -0.2) is 22.1 Å². The molecule has 0 aliphatic heterocycles. The van der Waals surface area contributed by atoms with E-state index in [9.17, 15) is 14.7 Å². The van der Waals surface area contributed by atoms with Gasteiger partial charge >= 0.3 is 5.97 Å². The second-order valence-electron chi connectivity index (χ2n) is 4.08. The van der Waals surface area contributed by atoms with Crippen molar-refractivity contribution in [3.63, 3.8) is 0 Å². The number of anilines is 2. The van der Waals surface area contributed by atoms with Crippen LogP contribution in [0.2, 0.25) is 0 Å². The van der Waals surface area contributed by atoms with Gasteiger partial charge in [-0.15, -0.1) is 0 Å². The van der Waals surface area contributed by atoms with Crippen LogP contribution in [0.3, 0.4) is 0 Å². The summed E-state index contributed by atoms with van der Waals surface area (Å²) in [7, 11) is 0. The molecule has 0 fully saturated rings. The van der Waals surface area contributed by atoms with Gasteiger partial charge < -0.3 is 21.3 Å². The largest absolute Gasteiger partial charge is 0.508 e. The van der Waals surface area contributed by atoms with Gasteiger partial charge in [-0.25, -0.2) is 4.79 Å². The Bertz CT molecular complexity index is 683. The number of carbonyl (C=O) groups excluding carboxylic acids is 1. The molecule has 0 spiro atoms. The fourth-order valence-electron chi connectivity index (χ4n) is 1.71. The highest BCUT2D eigenvalue weighted by Crippen LogP contribution is 2.22. The van der Waals surface area contributed by atoms with Crippen molar-refractivity contribution in [1.82, 2.24) is 0 Å². The van der Waals surface area contributed by atoms with Gasteiger partial charge in [0, 0.05) is 5.69 Å². The number of aromatic hydroxyl groups is 1. The Hall–Kier alpha value is -3.02. The molecule has 0 saturated heterocycles. The van der Waals surface area contributed by atoms with Crippen molar-refractivity contribution < 1.29 is 19.8 Å². The molecule has 0 heterocycles. The molecule has 6 nitrogen and oxygen atoms in total. The maximum atomic E-state index is 12.0. The fraction of sp³-hybridized carbons (Fsp3) is 0. The standard InChI is InChI=1S/C14H12N2O4/c15-11-4-2-1-3-9(11)13(18)16-12-6-5-8(17)7-10(12)14(19)20/h1-7,17H,15H2,(H,16,18)(H,19,20). The van der Waals surface area contributed by atoms with Crippen LogP contribution in [0.15, 0.2) is 42.5 Å². The summed E-state index contributed by atoms with van der Waals surface area (Å²) in [6.07, 6.45) is 0. The summed E-state index contributed by atoms with van der Waals surface area (Å²) >= 11 is 0. The van der Waals surface area contributed by atoms with E-state index >= 15 is 0 Å². The zero-order valence-electron chi connectivity index (χ0n) is 10.3. The van der Waals surface area contributed by atoms with Crippen LogP contribution in [0.4, 0.5) is 11.4 Å². The van der Waals surface area contributed by atoms with Crippen LogP contribution in [0.5, 0.6) is 5.75 Å². The van der Waals surface area contributed by atoms with E-state index in [-0.39, 0.29) is 22.6 Å². The SMILES string of the molecule is Nc1ccccc1C(=O)Nc1ccc(O)cc1C(=O)O. The van der Waals surface area contributed by atoms with Crippen molar-refractivity contribution in [3.05, 3.63) is 53.6 Å². The van der Waals surface area contributed by atoms with Crippen molar-refractivity contribution in [2.45, 2.75) is 0 Å². The van der Waals surface area contributed by atoms with E-state index in [1.54, 1.807) is 18.2 Å². The van der Waals surface area contributed by atoms with Gasteiger partial charge in [0.25, 0.3) is 5.91 Å². The summed E-state index contributed by atoms with van der Waals surface area (Å²) in [5.74, 6) is -1.96. The van der Waals surface area contributed by atoms with Gasteiger partial charge in [0.2, 0.25) is 0 Å². The molecule has 0 saturated carbocycles. The van der Waals surface area contributed by atoms with Crippen molar-refractivity contribution in [2.75, 3.05) is 11.1 Å². The number of hydrogen-bond acceptors (Lipinski definition) is 4. The second-order valence-corrected chi connectivity index (χ2v) is 4.08. The van der Waals surface area contributed by atoms with E-state index in [2.05, 4.69) is 5.32 Å². The number of carboxylic acid groups (broad SMARTS) is 1. The molecule has 0 unspecified atom stereocenters. The lowest BCUT2D eigenvalue weighted by molar-refractivity contribution is 0.0697. The molecular formula is C14H12N2O4. The molecule has 0 bridgehead atoms. The Morgan fingerprint density at radius 2 is 1.75 bits per heavy atom. The first-order valence-electron chi connectivity index (χ1n) is 5.71. The minimum atomic E-state index is -1.25. The van der Waals surface area contributed by atoms with E-state index in [0.717, 1.165) is 6.07 Å². The Labute approximate surface area is 114 Å². The Balaban J connectivity index is 2.33. The highest BCUT2D eigenvalue weighted by molar-refractivity contribution is 6.10. The minimum Gasteiger partial charge on any atom is -0.508 e. The van der Waals surface area contributed by atoms with Gasteiger partial charge in [0.15, 0.2) is 0 Å². The molecule has 1 amide bonds. The monoisotopic (exact) mass is 272 g/mol. The molecule has 102 valence electrons. The van der Waals surface area contributed by atoms with Crippen LogP contribution in [-0.2, 0) is 0 Å². The summed E-state index contributed by atoms with van der Waals surface area (Å²) in [6, 6.07) is 10.1. The molecule has 0 aliphatic rings. The highest BCUT2D eigenvalue weighted by Gasteiger charge is 2.15. The molecule has 5 N–H and O–H groups in total. The number of phenolic OH excluding ortho intramolecular Hbond substituents is 1. The summed E-state index contributed by atoms with van der Waals surface area (Å²) in [5, 5.41) is 20.8. The van der Waals surface area contributed by atoms with Gasteiger partial charge in [-0.05, 0) is 30.3 Å². The predicted octanol–water partition coefficient (Wildman–Crippen LogP) is 1.92. The van der Waals surface area contributed by atoms with Crippen LogP contribution in [0, 0.1) is 0 Å². The molecule has 0 atom stereocenters. The third-order valence-electron chi connectivity index (χ3n) is 2.69. The smallest absolute Gasteiger partial charge is 0.337 e. The topological polar surface area (TPSA) is 113 Å². The van der Waals surface area contributed by atoms with Gasteiger partial charge in [0.1, 0.15) is 5.75 Å². The molecule has 0 aromatic heterocycles. The Kier molecular flexibility index (Phi) is 3.56. The highest BCUT2D eigenvalue weighted by atomic mass is 16.4. The van der Waals surface area contributed by atoms with Crippen LogP contribution in [0.1, 0.15) is 20.7 Å². The van der Waals surface area contributed by atoms with Crippen molar-refractivity contribution in [2.24, 2.45) is 0 Å². The lowest BCUT2D eigenvalue weighted by Crippen LogP contribution is -2.16. The number of phenols is 1. The van der Waals surface area contributed by atoms with Gasteiger partial charge in [-0.2, -0.15) is 0 Å². The maximum absolute atomic E-state index is 12.0. The number of hydrogen-bond donors (Lipinski definition) is 4. The average Bonchev–Trinajstić information content (AvgIpc) is 2.41. The average molecular weight is 272 g/mol. The fourth-order valence-corrected chi connectivity index (χ4v) is 1.71.